The predicted molar refractivity (Wildman–Crippen MR) is 89.8 cm³/mol. The molecule has 0 amide bonds. The van der Waals surface area contributed by atoms with Crippen LogP contribution in [0.25, 0.3) is 11.4 Å². The molecular formula is C16H14N6OS. The highest BCUT2D eigenvalue weighted by atomic mass is 32.2. The lowest BCUT2D eigenvalue weighted by Gasteiger charge is -1.99. The zero-order valence-electron chi connectivity index (χ0n) is 12.9. The summed E-state index contributed by atoms with van der Waals surface area (Å²) in [7, 11) is 0. The van der Waals surface area contributed by atoms with Crippen LogP contribution in [0.4, 0.5) is 5.82 Å². The molecular weight excluding hydrogens is 324 g/mol. The number of benzene rings is 1. The Labute approximate surface area is 142 Å². The summed E-state index contributed by atoms with van der Waals surface area (Å²) < 4.78 is 5.25. The summed E-state index contributed by atoms with van der Waals surface area (Å²) in [4.78, 5) is 12.5. The van der Waals surface area contributed by atoms with Gasteiger partial charge in [0, 0.05) is 5.56 Å². The molecule has 0 spiro atoms. The third-order valence-corrected chi connectivity index (χ3v) is 4.18. The molecule has 0 aliphatic carbocycles. The lowest BCUT2D eigenvalue weighted by Crippen LogP contribution is -1.98. The standard InChI is InChI=1S/C16H14N6OS/c1-2-10-3-5-11(6-4-10)15-20-13(23-22-15)9-24-16-19-8-12(7-17)14(18)21-16/h3-6,8H,2,9H2,1H3,(H2,18,19,21). The fourth-order valence-electron chi connectivity index (χ4n) is 1.98. The second kappa shape index (κ2) is 7.10. The van der Waals surface area contributed by atoms with E-state index in [4.69, 9.17) is 15.5 Å². The molecule has 24 heavy (non-hydrogen) atoms. The van der Waals surface area contributed by atoms with Crippen molar-refractivity contribution < 1.29 is 4.52 Å². The molecule has 3 aromatic rings. The Morgan fingerprint density at radius 2 is 2.04 bits per heavy atom. The minimum absolute atomic E-state index is 0.164. The fraction of sp³-hybridized carbons (Fsp3) is 0.188. The Morgan fingerprint density at radius 1 is 1.25 bits per heavy atom. The summed E-state index contributed by atoms with van der Waals surface area (Å²) in [6, 6.07) is 9.98. The molecule has 0 unspecified atom stereocenters. The van der Waals surface area contributed by atoms with Crippen LogP contribution in [-0.4, -0.2) is 20.1 Å². The molecule has 2 heterocycles. The molecule has 7 nitrogen and oxygen atoms in total. The Balaban J connectivity index is 1.67. The van der Waals surface area contributed by atoms with Crippen LogP contribution in [0.5, 0.6) is 0 Å². The average molecular weight is 338 g/mol. The van der Waals surface area contributed by atoms with E-state index in [9.17, 15) is 0 Å². The van der Waals surface area contributed by atoms with Crippen molar-refractivity contribution in [2.75, 3.05) is 5.73 Å². The Bertz CT molecular complexity index is 884. The molecule has 2 N–H and O–H groups in total. The van der Waals surface area contributed by atoms with Gasteiger partial charge in [-0.3, -0.25) is 0 Å². The normalized spacial score (nSPS) is 10.5. The lowest BCUT2D eigenvalue weighted by atomic mass is 10.1. The third-order valence-electron chi connectivity index (χ3n) is 3.33. The minimum atomic E-state index is 0.164. The summed E-state index contributed by atoms with van der Waals surface area (Å²) in [6.45, 7) is 2.11. The quantitative estimate of drug-likeness (QED) is 0.558. The number of nitrogen functional groups attached to an aromatic ring is 1. The number of aromatic nitrogens is 4. The topological polar surface area (TPSA) is 115 Å². The second-order valence-electron chi connectivity index (χ2n) is 4.91. The van der Waals surface area contributed by atoms with Gasteiger partial charge in [0.15, 0.2) is 5.16 Å². The molecule has 1 aromatic carbocycles. The van der Waals surface area contributed by atoms with Gasteiger partial charge in [-0.15, -0.1) is 0 Å². The fourth-order valence-corrected chi connectivity index (χ4v) is 2.64. The monoisotopic (exact) mass is 338 g/mol. The maximum atomic E-state index is 8.81. The number of hydrogen-bond donors (Lipinski definition) is 1. The summed E-state index contributed by atoms with van der Waals surface area (Å²) in [5.41, 5.74) is 8.09. The van der Waals surface area contributed by atoms with Gasteiger partial charge in [0.1, 0.15) is 17.5 Å². The zero-order valence-corrected chi connectivity index (χ0v) is 13.7. The van der Waals surface area contributed by atoms with Crippen molar-refractivity contribution in [1.29, 1.82) is 5.26 Å². The number of anilines is 1. The molecule has 0 atom stereocenters. The van der Waals surface area contributed by atoms with Gasteiger partial charge in [-0.05, 0) is 12.0 Å². The van der Waals surface area contributed by atoms with E-state index >= 15 is 0 Å². The lowest BCUT2D eigenvalue weighted by molar-refractivity contribution is 0.391. The summed E-state index contributed by atoms with van der Waals surface area (Å²) in [5.74, 6) is 1.61. The third kappa shape index (κ3) is 3.52. The first-order valence-electron chi connectivity index (χ1n) is 7.27. The SMILES string of the molecule is CCc1ccc(-c2noc(CSc3ncc(C#N)c(N)n3)n2)cc1. The molecule has 0 aliphatic heterocycles. The van der Waals surface area contributed by atoms with Crippen molar-refractivity contribution in [2.24, 2.45) is 0 Å². The number of aryl methyl sites for hydroxylation is 1. The molecule has 2 aromatic heterocycles. The highest BCUT2D eigenvalue weighted by molar-refractivity contribution is 7.98. The highest BCUT2D eigenvalue weighted by Crippen LogP contribution is 2.22. The number of hydrogen-bond acceptors (Lipinski definition) is 8. The van der Waals surface area contributed by atoms with Gasteiger partial charge in [0.05, 0.1) is 11.9 Å². The van der Waals surface area contributed by atoms with Gasteiger partial charge in [-0.25, -0.2) is 9.97 Å². The largest absolute Gasteiger partial charge is 0.382 e. The smallest absolute Gasteiger partial charge is 0.237 e. The molecule has 0 radical (unpaired) electrons. The maximum Gasteiger partial charge on any atom is 0.237 e. The number of nitriles is 1. The van der Waals surface area contributed by atoms with Gasteiger partial charge in [0.2, 0.25) is 11.7 Å². The molecule has 0 saturated carbocycles. The Morgan fingerprint density at radius 3 is 2.71 bits per heavy atom. The number of thioether (sulfide) groups is 1. The average Bonchev–Trinajstić information content (AvgIpc) is 3.09. The first kappa shape index (κ1) is 16.0. The number of nitrogens with two attached hydrogens (primary N) is 1. The summed E-state index contributed by atoms with van der Waals surface area (Å²) in [5, 5.41) is 13.3. The van der Waals surface area contributed by atoms with Crippen LogP contribution in [0.3, 0.4) is 0 Å². The van der Waals surface area contributed by atoms with E-state index in [0.717, 1.165) is 12.0 Å². The van der Waals surface area contributed by atoms with E-state index in [1.165, 1.54) is 23.5 Å². The van der Waals surface area contributed by atoms with Gasteiger partial charge in [-0.2, -0.15) is 10.2 Å². The Kier molecular flexibility index (Phi) is 4.72. The Hall–Kier alpha value is -2.92. The van der Waals surface area contributed by atoms with Crippen molar-refractivity contribution in [3.05, 3.63) is 47.5 Å². The highest BCUT2D eigenvalue weighted by Gasteiger charge is 2.11. The van der Waals surface area contributed by atoms with Crippen molar-refractivity contribution in [1.82, 2.24) is 20.1 Å². The number of rotatable bonds is 5. The molecule has 0 saturated heterocycles. The second-order valence-corrected chi connectivity index (χ2v) is 5.86. The van der Waals surface area contributed by atoms with Crippen LogP contribution < -0.4 is 5.73 Å². The van der Waals surface area contributed by atoms with Crippen LogP contribution in [0.1, 0.15) is 23.9 Å². The predicted octanol–water partition coefficient (Wildman–Crippen LogP) is 2.84. The van der Waals surface area contributed by atoms with Crippen molar-refractivity contribution >= 4 is 17.6 Å². The molecule has 120 valence electrons. The van der Waals surface area contributed by atoms with Gasteiger partial charge in [0.25, 0.3) is 0 Å². The number of nitrogens with zero attached hydrogens (tertiary/aromatic N) is 5. The summed E-state index contributed by atoms with van der Waals surface area (Å²) >= 11 is 1.31. The van der Waals surface area contributed by atoms with Crippen molar-refractivity contribution in [2.45, 2.75) is 24.3 Å². The first-order valence-corrected chi connectivity index (χ1v) is 8.25. The van der Waals surface area contributed by atoms with Crippen LogP contribution in [-0.2, 0) is 12.2 Å². The van der Waals surface area contributed by atoms with E-state index in [1.807, 2.05) is 30.3 Å². The molecule has 3 rings (SSSR count). The van der Waals surface area contributed by atoms with Gasteiger partial charge in [-0.1, -0.05) is 48.1 Å². The van der Waals surface area contributed by atoms with Crippen molar-refractivity contribution in [3.63, 3.8) is 0 Å². The van der Waals surface area contributed by atoms with Crippen LogP contribution in [0.15, 0.2) is 40.1 Å². The van der Waals surface area contributed by atoms with E-state index in [0.29, 0.717) is 22.6 Å². The van der Waals surface area contributed by atoms with E-state index < -0.39 is 0 Å². The van der Waals surface area contributed by atoms with Crippen LogP contribution in [0, 0.1) is 11.3 Å². The first-order chi connectivity index (χ1) is 11.7. The van der Waals surface area contributed by atoms with E-state index in [-0.39, 0.29) is 11.4 Å². The van der Waals surface area contributed by atoms with Gasteiger partial charge >= 0.3 is 0 Å². The van der Waals surface area contributed by atoms with Crippen LogP contribution >= 0.6 is 11.8 Å². The van der Waals surface area contributed by atoms with E-state index in [2.05, 4.69) is 27.0 Å². The molecule has 0 bridgehead atoms. The molecule has 0 aliphatic rings. The zero-order chi connectivity index (χ0) is 16.9. The van der Waals surface area contributed by atoms with Crippen molar-refractivity contribution in [3.8, 4) is 17.5 Å². The maximum absolute atomic E-state index is 8.81. The summed E-state index contributed by atoms with van der Waals surface area (Å²) in [6.07, 6.45) is 2.39. The molecule has 0 fully saturated rings. The van der Waals surface area contributed by atoms with Gasteiger partial charge < -0.3 is 10.3 Å². The minimum Gasteiger partial charge on any atom is -0.382 e. The van der Waals surface area contributed by atoms with E-state index in [1.54, 1.807) is 0 Å². The van der Waals surface area contributed by atoms with Crippen LogP contribution in [0.2, 0.25) is 0 Å². The molecule has 8 heteroatoms.